The van der Waals surface area contributed by atoms with Crippen LogP contribution in [0.5, 0.6) is 5.75 Å². The summed E-state index contributed by atoms with van der Waals surface area (Å²) in [5.74, 6) is 0.759. The molecule has 2 aromatic rings. The minimum absolute atomic E-state index is 0.694. The number of rotatable bonds is 3. The average Bonchev–Trinajstić information content (AvgIpc) is 2.39. The molecule has 0 spiro atoms. The van der Waals surface area contributed by atoms with Gasteiger partial charge in [-0.3, -0.25) is 0 Å². The lowest BCUT2D eigenvalue weighted by molar-refractivity contribution is 0.214. The fraction of sp³-hybridized carbons (Fsp3) is 0.294. The molecule has 2 rings (SSSR count). The van der Waals surface area contributed by atoms with Crippen molar-refractivity contribution in [3.05, 3.63) is 62.6 Å². The molecule has 0 saturated carbocycles. The van der Waals surface area contributed by atoms with Gasteiger partial charge in [0.25, 0.3) is 0 Å². The molecule has 0 aliphatic carbocycles. The molecule has 1 unspecified atom stereocenters. The molecule has 0 amide bonds. The fourth-order valence-corrected chi connectivity index (χ4v) is 3.02. The van der Waals surface area contributed by atoms with E-state index in [9.17, 15) is 5.11 Å². The zero-order chi connectivity index (χ0) is 14.9. The van der Waals surface area contributed by atoms with E-state index in [0.717, 1.165) is 38.0 Å². The van der Waals surface area contributed by atoms with E-state index in [2.05, 4.69) is 15.9 Å². The van der Waals surface area contributed by atoms with Crippen LogP contribution >= 0.6 is 15.9 Å². The highest BCUT2D eigenvalue weighted by Gasteiger charge is 2.18. The van der Waals surface area contributed by atoms with Crippen LogP contribution in [0, 0.1) is 20.8 Å². The highest BCUT2D eigenvalue weighted by Crippen LogP contribution is 2.35. The van der Waals surface area contributed by atoms with Crippen LogP contribution in [-0.4, -0.2) is 12.2 Å². The molecule has 0 radical (unpaired) electrons. The van der Waals surface area contributed by atoms with Crippen molar-refractivity contribution in [1.82, 2.24) is 0 Å². The molecule has 0 aliphatic rings. The van der Waals surface area contributed by atoms with E-state index in [1.807, 2.05) is 51.1 Å². The third kappa shape index (κ3) is 2.89. The molecule has 1 N–H and O–H groups in total. The molecule has 2 nitrogen and oxygen atoms in total. The Morgan fingerprint density at radius 1 is 1.10 bits per heavy atom. The Labute approximate surface area is 128 Å². The van der Waals surface area contributed by atoms with E-state index in [1.165, 1.54) is 0 Å². The van der Waals surface area contributed by atoms with Crippen LogP contribution in [0.4, 0.5) is 0 Å². The summed E-state index contributed by atoms with van der Waals surface area (Å²) in [6.45, 7) is 6.06. The van der Waals surface area contributed by atoms with Crippen molar-refractivity contribution in [3.63, 3.8) is 0 Å². The van der Waals surface area contributed by atoms with Crippen molar-refractivity contribution < 1.29 is 9.84 Å². The van der Waals surface area contributed by atoms with E-state index >= 15 is 0 Å². The van der Waals surface area contributed by atoms with Crippen molar-refractivity contribution in [3.8, 4) is 5.75 Å². The summed E-state index contributed by atoms with van der Waals surface area (Å²) in [4.78, 5) is 0. The van der Waals surface area contributed by atoms with Crippen LogP contribution in [0.1, 0.15) is 33.9 Å². The van der Waals surface area contributed by atoms with Crippen LogP contribution in [-0.2, 0) is 0 Å². The Bertz CT molecular complexity index is 615. The normalized spacial score (nSPS) is 12.3. The molecular formula is C17H19BrO2. The van der Waals surface area contributed by atoms with E-state index in [-0.39, 0.29) is 0 Å². The van der Waals surface area contributed by atoms with Crippen molar-refractivity contribution in [1.29, 1.82) is 0 Å². The summed E-state index contributed by atoms with van der Waals surface area (Å²) in [6, 6.07) is 9.90. The topological polar surface area (TPSA) is 29.5 Å². The van der Waals surface area contributed by atoms with Gasteiger partial charge in [-0.15, -0.1) is 0 Å². The second-order valence-corrected chi connectivity index (χ2v) is 6.01. The molecule has 0 fully saturated rings. The van der Waals surface area contributed by atoms with Crippen LogP contribution in [0.2, 0.25) is 0 Å². The number of aliphatic hydroxyl groups is 1. The van der Waals surface area contributed by atoms with Gasteiger partial charge in [0.2, 0.25) is 0 Å². The predicted molar refractivity (Wildman–Crippen MR) is 85.4 cm³/mol. The van der Waals surface area contributed by atoms with Crippen LogP contribution in [0.3, 0.4) is 0 Å². The molecule has 0 heterocycles. The quantitative estimate of drug-likeness (QED) is 0.897. The number of hydrogen-bond acceptors (Lipinski definition) is 2. The molecule has 0 aromatic heterocycles. The first kappa shape index (κ1) is 15.1. The largest absolute Gasteiger partial charge is 0.496 e. The number of methoxy groups -OCH3 is 1. The standard InChI is InChI=1S/C17H19BrO2/c1-10-7-13(9-14(18)8-10)16(19)15-6-5-11(2)12(3)17(15)20-4/h5-9,16,19H,1-4H3. The summed E-state index contributed by atoms with van der Waals surface area (Å²) < 4.78 is 6.46. The lowest BCUT2D eigenvalue weighted by atomic mass is 9.95. The van der Waals surface area contributed by atoms with Gasteiger partial charge in [0, 0.05) is 10.0 Å². The third-order valence-electron chi connectivity index (χ3n) is 3.59. The second kappa shape index (κ2) is 5.98. The maximum atomic E-state index is 10.7. The van der Waals surface area contributed by atoms with E-state index < -0.39 is 6.10 Å². The van der Waals surface area contributed by atoms with Gasteiger partial charge < -0.3 is 9.84 Å². The number of ether oxygens (including phenoxy) is 1. The van der Waals surface area contributed by atoms with E-state index in [0.29, 0.717) is 0 Å². The van der Waals surface area contributed by atoms with Crippen molar-refractivity contribution in [2.75, 3.05) is 7.11 Å². The Balaban J connectivity index is 2.53. The van der Waals surface area contributed by atoms with Gasteiger partial charge in [-0.1, -0.05) is 34.1 Å². The zero-order valence-electron chi connectivity index (χ0n) is 12.2. The molecule has 20 heavy (non-hydrogen) atoms. The van der Waals surface area contributed by atoms with Gasteiger partial charge in [0.05, 0.1) is 7.11 Å². The molecule has 106 valence electrons. The zero-order valence-corrected chi connectivity index (χ0v) is 13.8. The minimum atomic E-state index is -0.694. The minimum Gasteiger partial charge on any atom is -0.496 e. The SMILES string of the molecule is COc1c(C(O)c2cc(C)cc(Br)c2)ccc(C)c1C. The second-order valence-electron chi connectivity index (χ2n) is 5.09. The van der Waals surface area contributed by atoms with Crippen molar-refractivity contribution in [2.45, 2.75) is 26.9 Å². The molecule has 2 aromatic carbocycles. The maximum Gasteiger partial charge on any atom is 0.128 e. The molecule has 0 aliphatic heterocycles. The first-order valence-corrected chi connectivity index (χ1v) is 7.32. The Morgan fingerprint density at radius 3 is 2.40 bits per heavy atom. The smallest absolute Gasteiger partial charge is 0.128 e. The molecule has 0 bridgehead atoms. The summed E-state index contributed by atoms with van der Waals surface area (Å²) in [6.07, 6.45) is -0.694. The summed E-state index contributed by atoms with van der Waals surface area (Å²) in [5, 5.41) is 10.7. The van der Waals surface area contributed by atoms with Crippen molar-refractivity contribution >= 4 is 15.9 Å². The third-order valence-corrected chi connectivity index (χ3v) is 4.04. The number of aliphatic hydroxyl groups excluding tert-OH is 1. The molecule has 0 saturated heterocycles. The number of aryl methyl sites for hydroxylation is 2. The predicted octanol–water partition coefficient (Wildman–Crippen LogP) is 4.46. The summed E-state index contributed by atoms with van der Waals surface area (Å²) in [7, 11) is 1.64. The number of benzene rings is 2. The monoisotopic (exact) mass is 334 g/mol. The Morgan fingerprint density at radius 2 is 1.80 bits per heavy atom. The first-order valence-electron chi connectivity index (χ1n) is 6.53. The van der Waals surface area contributed by atoms with Gasteiger partial charge in [0.1, 0.15) is 11.9 Å². The number of hydrogen-bond donors (Lipinski definition) is 1. The molecule has 3 heteroatoms. The van der Waals surface area contributed by atoms with Gasteiger partial charge in [-0.2, -0.15) is 0 Å². The van der Waals surface area contributed by atoms with Gasteiger partial charge in [-0.25, -0.2) is 0 Å². The lowest BCUT2D eigenvalue weighted by Gasteiger charge is -2.19. The van der Waals surface area contributed by atoms with Crippen LogP contribution in [0.15, 0.2) is 34.8 Å². The highest BCUT2D eigenvalue weighted by molar-refractivity contribution is 9.10. The van der Waals surface area contributed by atoms with Crippen molar-refractivity contribution in [2.24, 2.45) is 0 Å². The summed E-state index contributed by atoms with van der Waals surface area (Å²) >= 11 is 3.47. The van der Waals surface area contributed by atoms with Crippen LogP contribution in [0.25, 0.3) is 0 Å². The van der Waals surface area contributed by atoms with Gasteiger partial charge >= 0.3 is 0 Å². The average molecular weight is 335 g/mol. The van der Waals surface area contributed by atoms with Gasteiger partial charge in [-0.05, 0) is 55.2 Å². The highest BCUT2D eigenvalue weighted by atomic mass is 79.9. The van der Waals surface area contributed by atoms with Gasteiger partial charge in [0.15, 0.2) is 0 Å². The van der Waals surface area contributed by atoms with E-state index in [4.69, 9.17) is 4.74 Å². The maximum absolute atomic E-state index is 10.7. The number of halogens is 1. The summed E-state index contributed by atoms with van der Waals surface area (Å²) in [5.41, 5.74) is 4.99. The lowest BCUT2D eigenvalue weighted by Crippen LogP contribution is -2.05. The van der Waals surface area contributed by atoms with E-state index in [1.54, 1.807) is 7.11 Å². The van der Waals surface area contributed by atoms with Crippen LogP contribution < -0.4 is 4.74 Å². The molecular weight excluding hydrogens is 316 g/mol. The fourth-order valence-electron chi connectivity index (χ4n) is 2.40. The first-order chi connectivity index (χ1) is 9.43. The molecule has 1 atom stereocenters. The Kier molecular flexibility index (Phi) is 4.51. The Hall–Kier alpha value is -1.32.